The monoisotopic (exact) mass is 282 g/mol. The molecule has 112 valence electrons. The Hall–Kier alpha value is -1.47. The van der Waals surface area contributed by atoms with Gasteiger partial charge in [0.1, 0.15) is 0 Å². The van der Waals surface area contributed by atoms with Gasteiger partial charge in [0.15, 0.2) is 0 Å². The van der Waals surface area contributed by atoms with Crippen molar-refractivity contribution < 1.29 is 14.3 Å². The molecule has 7 heteroatoms. The summed E-state index contributed by atoms with van der Waals surface area (Å²) in [4.78, 5) is 11.2. The molecule has 1 aliphatic heterocycles. The Bertz CT molecular complexity index is 441. The lowest BCUT2D eigenvalue weighted by Crippen LogP contribution is -2.21. The third-order valence-electron chi connectivity index (χ3n) is 3.52. The van der Waals surface area contributed by atoms with Crippen LogP contribution in [0.3, 0.4) is 0 Å². The van der Waals surface area contributed by atoms with Crippen molar-refractivity contribution in [2.45, 2.75) is 38.1 Å². The Kier molecular flexibility index (Phi) is 5.49. The highest BCUT2D eigenvalue weighted by Crippen LogP contribution is 2.29. The van der Waals surface area contributed by atoms with Gasteiger partial charge in [-0.1, -0.05) is 5.21 Å². The van der Waals surface area contributed by atoms with Gasteiger partial charge in [0.05, 0.1) is 17.8 Å². The maximum atomic E-state index is 11.2. The van der Waals surface area contributed by atoms with Crippen LogP contribution in [0.1, 0.15) is 36.6 Å². The van der Waals surface area contributed by atoms with E-state index in [0.29, 0.717) is 18.2 Å². The molecule has 0 unspecified atom stereocenters. The van der Waals surface area contributed by atoms with Gasteiger partial charge in [0.25, 0.3) is 0 Å². The third-order valence-corrected chi connectivity index (χ3v) is 3.52. The van der Waals surface area contributed by atoms with E-state index in [2.05, 4.69) is 10.3 Å². The van der Waals surface area contributed by atoms with Crippen molar-refractivity contribution in [3.05, 3.63) is 11.4 Å². The molecular formula is C13H22N4O3. The van der Waals surface area contributed by atoms with Crippen LogP contribution in [0.4, 0.5) is 0 Å². The van der Waals surface area contributed by atoms with Gasteiger partial charge in [-0.15, -0.1) is 5.10 Å². The molecule has 1 aliphatic rings. The fourth-order valence-corrected chi connectivity index (χ4v) is 2.59. The molecule has 2 heterocycles. The standard InChI is InChI=1S/C13H22N4O3/c1-19-6-2-5-17-13(10-3-7-20-8-4-10)11(15-16-17)9-12(14)18/h10H,2-9H2,1H3,(H2,14,18). The van der Waals surface area contributed by atoms with Gasteiger partial charge in [-0.25, -0.2) is 4.68 Å². The molecule has 0 bridgehead atoms. The summed E-state index contributed by atoms with van der Waals surface area (Å²) in [5, 5.41) is 8.32. The molecule has 0 saturated carbocycles. The summed E-state index contributed by atoms with van der Waals surface area (Å²) in [5.41, 5.74) is 7.05. The summed E-state index contributed by atoms with van der Waals surface area (Å²) < 4.78 is 12.4. The molecule has 2 N–H and O–H groups in total. The average molecular weight is 282 g/mol. The lowest BCUT2D eigenvalue weighted by Gasteiger charge is -2.23. The topological polar surface area (TPSA) is 92.3 Å². The number of hydrogen-bond acceptors (Lipinski definition) is 5. The lowest BCUT2D eigenvalue weighted by molar-refractivity contribution is -0.117. The van der Waals surface area contributed by atoms with E-state index in [-0.39, 0.29) is 12.3 Å². The molecule has 0 atom stereocenters. The predicted octanol–water partition coefficient (Wildman–Crippen LogP) is 0.236. The number of nitrogens with two attached hydrogens (primary N) is 1. The van der Waals surface area contributed by atoms with E-state index in [4.69, 9.17) is 15.2 Å². The fraction of sp³-hybridized carbons (Fsp3) is 0.769. The summed E-state index contributed by atoms with van der Waals surface area (Å²) in [5.74, 6) is -0.0297. The van der Waals surface area contributed by atoms with E-state index in [1.165, 1.54) is 0 Å². The molecule has 0 radical (unpaired) electrons. The number of hydrogen-bond donors (Lipinski definition) is 1. The SMILES string of the molecule is COCCCn1nnc(CC(N)=O)c1C1CCOCC1. The molecule has 0 aliphatic carbocycles. The van der Waals surface area contributed by atoms with Gasteiger partial charge in [-0.2, -0.15) is 0 Å². The molecule has 1 saturated heterocycles. The van der Waals surface area contributed by atoms with Gasteiger partial charge in [-0.3, -0.25) is 4.79 Å². The van der Waals surface area contributed by atoms with Crippen molar-refractivity contribution in [1.29, 1.82) is 0 Å². The van der Waals surface area contributed by atoms with Crippen LogP contribution >= 0.6 is 0 Å². The molecule has 1 aromatic heterocycles. The van der Waals surface area contributed by atoms with Crippen LogP contribution in [0.15, 0.2) is 0 Å². The maximum absolute atomic E-state index is 11.2. The Balaban J connectivity index is 2.17. The van der Waals surface area contributed by atoms with Crippen LogP contribution in [0, 0.1) is 0 Å². The Morgan fingerprint density at radius 3 is 2.90 bits per heavy atom. The number of aromatic nitrogens is 3. The second-order valence-electron chi connectivity index (χ2n) is 5.02. The van der Waals surface area contributed by atoms with Crippen molar-refractivity contribution in [3.8, 4) is 0 Å². The highest BCUT2D eigenvalue weighted by molar-refractivity contribution is 5.76. The summed E-state index contributed by atoms with van der Waals surface area (Å²) >= 11 is 0. The maximum Gasteiger partial charge on any atom is 0.223 e. The first-order valence-electron chi connectivity index (χ1n) is 6.99. The first-order chi connectivity index (χ1) is 9.72. The minimum absolute atomic E-state index is 0.150. The zero-order valence-corrected chi connectivity index (χ0v) is 11.9. The average Bonchev–Trinajstić information content (AvgIpc) is 2.82. The molecule has 0 spiro atoms. The number of primary amides is 1. The highest BCUT2D eigenvalue weighted by Gasteiger charge is 2.25. The van der Waals surface area contributed by atoms with Crippen LogP contribution in [0.25, 0.3) is 0 Å². The van der Waals surface area contributed by atoms with Gasteiger partial charge >= 0.3 is 0 Å². The summed E-state index contributed by atoms with van der Waals surface area (Å²) in [6.45, 7) is 2.90. The smallest absolute Gasteiger partial charge is 0.223 e. The minimum Gasteiger partial charge on any atom is -0.385 e. The zero-order chi connectivity index (χ0) is 14.4. The number of ether oxygens (including phenoxy) is 2. The molecule has 0 aromatic carbocycles. The second-order valence-corrected chi connectivity index (χ2v) is 5.02. The normalized spacial score (nSPS) is 16.4. The van der Waals surface area contributed by atoms with Crippen molar-refractivity contribution in [2.24, 2.45) is 5.73 Å². The van der Waals surface area contributed by atoms with E-state index < -0.39 is 0 Å². The van der Waals surface area contributed by atoms with Crippen molar-refractivity contribution in [2.75, 3.05) is 26.9 Å². The number of carbonyl (C=O) groups excluding carboxylic acids is 1. The fourth-order valence-electron chi connectivity index (χ4n) is 2.59. The number of aryl methyl sites for hydroxylation is 1. The van der Waals surface area contributed by atoms with Crippen LogP contribution < -0.4 is 5.73 Å². The molecule has 2 rings (SSSR count). The molecule has 1 amide bonds. The first-order valence-corrected chi connectivity index (χ1v) is 6.99. The Labute approximate surface area is 118 Å². The quantitative estimate of drug-likeness (QED) is 0.723. The molecule has 7 nitrogen and oxygen atoms in total. The molecule has 1 fully saturated rings. The van der Waals surface area contributed by atoms with Gasteiger partial charge in [0, 0.05) is 39.4 Å². The van der Waals surface area contributed by atoms with E-state index in [1.54, 1.807) is 7.11 Å². The van der Waals surface area contributed by atoms with Gasteiger partial charge in [-0.05, 0) is 19.3 Å². The van der Waals surface area contributed by atoms with Crippen LogP contribution in [0.2, 0.25) is 0 Å². The first kappa shape index (κ1) is 14.9. The number of methoxy groups -OCH3 is 1. The number of nitrogens with zero attached hydrogens (tertiary/aromatic N) is 3. The van der Waals surface area contributed by atoms with E-state index >= 15 is 0 Å². The highest BCUT2D eigenvalue weighted by atomic mass is 16.5. The molecular weight excluding hydrogens is 260 g/mol. The van der Waals surface area contributed by atoms with Crippen molar-refractivity contribution in [3.63, 3.8) is 0 Å². The van der Waals surface area contributed by atoms with Crippen LogP contribution in [0.5, 0.6) is 0 Å². The van der Waals surface area contributed by atoms with Gasteiger partial charge < -0.3 is 15.2 Å². The summed E-state index contributed by atoms with van der Waals surface area (Å²) in [7, 11) is 1.68. The third kappa shape index (κ3) is 3.77. The molecule has 20 heavy (non-hydrogen) atoms. The summed E-state index contributed by atoms with van der Waals surface area (Å²) in [6, 6.07) is 0. The van der Waals surface area contributed by atoms with E-state index in [0.717, 1.165) is 44.7 Å². The van der Waals surface area contributed by atoms with Crippen LogP contribution in [-0.2, 0) is 27.2 Å². The largest absolute Gasteiger partial charge is 0.385 e. The van der Waals surface area contributed by atoms with Crippen molar-refractivity contribution in [1.82, 2.24) is 15.0 Å². The molecule has 1 aromatic rings. The predicted molar refractivity (Wildman–Crippen MR) is 72.2 cm³/mol. The van der Waals surface area contributed by atoms with Crippen LogP contribution in [-0.4, -0.2) is 47.8 Å². The number of rotatable bonds is 7. The van der Waals surface area contributed by atoms with E-state index in [1.807, 2.05) is 4.68 Å². The van der Waals surface area contributed by atoms with Crippen molar-refractivity contribution >= 4 is 5.91 Å². The second kappa shape index (κ2) is 7.35. The zero-order valence-electron chi connectivity index (χ0n) is 11.9. The minimum atomic E-state index is -0.373. The Morgan fingerprint density at radius 1 is 1.50 bits per heavy atom. The summed E-state index contributed by atoms with van der Waals surface area (Å²) in [6.07, 6.45) is 2.88. The van der Waals surface area contributed by atoms with E-state index in [9.17, 15) is 4.79 Å². The number of carbonyl (C=O) groups is 1. The van der Waals surface area contributed by atoms with Gasteiger partial charge in [0.2, 0.25) is 5.91 Å². The Morgan fingerprint density at radius 2 is 2.25 bits per heavy atom. The number of amides is 1. The lowest BCUT2D eigenvalue weighted by atomic mass is 9.94.